The number of sulfonamides is 1. The van der Waals surface area contributed by atoms with Gasteiger partial charge < -0.3 is 15.2 Å². The third-order valence-electron chi connectivity index (χ3n) is 4.01. The largest absolute Gasteiger partial charge is 0.506 e. The molecule has 0 radical (unpaired) electrons. The minimum absolute atomic E-state index is 0.0205. The van der Waals surface area contributed by atoms with E-state index in [4.69, 9.17) is 4.74 Å². The first kappa shape index (κ1) is 22.1. The van der Waals surface area contributed by atoms with E-state index in [-0.39, 0.29) is 28.0 Å². The van der Waals surface area contributed by atoms with Crippen LogP contribution in [0.2, 0.25) is 0 Å². The first-order valence-electron chi connectivity index (χ1n) is 8.71. The van der Waals surface area contributed by atoms with Crippen LogP contribution in [0.25, 0.3) is 0 Å². The fourth-order valence-electron chi connectivity index (χ4n) is 2.50. The first-order valence-corrected chi connectivity index (χ1v) is 11.1. The molecule has 0 aromatic heterocycles. The Morgan fingerprint density at radius 1 is 1.14 bits per heavy atom. The summed E-state index contributed by atoms with van der Waals surface area (Å²) in [6.45, 7) is 4.17. The highest BCUT2D eigenvalue weighted by molar-refractivity contribution is 8.00. The number of benzene rings is 2. The van der Waals surface area contributed by atoms with E-state index >= 15 is 0 Å². The summed E-state index contributed by atoms with van der Waals surface area (Å²) in [4.78, 5) is 13.1. The van der Waals surface area contributed by atoms with Gasteiger partial charge in [0.1, 0.15) is 11.5 Å². The number of phenolic OH excluding ortho intramolecular Hbond substituents is 1. The smallest absolute Gasteiger partial charge is 0.243 e. The van der Waals surface area contributed by atoms with Crippen molar-refractivity contribution in [3.63, 3.8) is 0 Å². The Labute approximate surface area is 169 Å². The number of phenols is 1. The molecule has 2 aromatic carbocycles. The zero-order valence-electron chi connectivity index (χ0n) is 16.0. The van der Waals surface area contributed by atoms with E-state index in [0.717, 1.165) is 10.6 Å². The summed E-state index contributed by atoms with van der Waals surface area (Å²) in [5.74, 6) is 0.290. The maximum absolute atomic E-state index is 12.6. The number of nitrogens with zero attached hydrogens (tertiary/aromatic N) is 1. The number of hydrogen-bond acceptors (Lipinski definition) is 6. The van der Waals surface area contributed by atoms with Crippen LogP contribution in [0.5, 0.6) is 11.5 Å². The van der Waals surface area contributed by atoms with Crippen LogP contribution < -0.4 is 10.1 Å². The molecule has 0 aliphatic rings. The molecular weight excluding hydrogens is 400 g/mol. The molecule has 0 unspecified atom stereocenters. The van der Waals surface area contributed by atoms with E-state index in [1.807, 2.05) is 12.1 Å². The van der Waals surface area contributed by atoms with Crippen molar-refractivity contribution in [2.24, 2.45) is 0 Å². The number of hydrogen-bond donors (Lipinski definition) is 2. The molecule has 0 saturated carbocycles. The van der Waals surface area contributed by atoms with Gasteiger partial charge in [-0.15, -0.1) is 11.8 Å². The van der Waals surface area contributed by atoms with Crippen molar-refractivity contribution < 1.29 is 23.1 Å². The van der Waals surface area contributed by atoms with Crippen LogP contribution in [0.15, 0.2) is 52.3 Å². The molecule has 0 bridgehead atoms. The van der Waals surface area contributed by atoms with Crippen LogP contribution in [0, 0.1) is 0 Å². The molecular formula is C19H24N2O5S2. The number of carbonyl (C=O) groups excluding carboxylic acids is 1. The summed E-state index contributed by atoms with van der Waals surface area (Å²) in [7, 11) is -2.10. The first-order chi connectivity index (χ1) is 13.3. The van der Waals surface area contributed by atoms with E-state index in [1.54, 1.807) is 33.1 Å². The third-order valence-corrected chi connectivity index (χ3v) is 7.07. The number of anilines is 1. The molecule has 2 rings (SSSR count). The zero-order valence-corrected chi connectivity index (χ0v) is 17.6. The summed E-state index contributed by atoms with van der Waals surface area (Å²) in [5.41, 5.74) is 0.0635. The second kappa shape index (κ2) is 9.81. The van der Waals surface area contributed by atoms with Crippen molar-refractivity contribution in [1.29, 1.82) is 0 Å². The Morgan fingerprint density at radius 2 is 1.79 bits per heavy atom. The molecule has 28 heavy (non-hydrogen) atoms. The van der Waals surface area contributed by atoms with Crippen molar-refractivity contribution in [1.82, 2.24) is 4.31 Å². The Hall–Kier alpha value is -2.23. The van der Waals surface area contributed by atoms with Crippen molar-refractivity contribution in [3.05, 3.63) is 42.5 Å². The molecule has 0 spiro atoms. The minimum atomic E-state index is -3.68. The molecule has 0 saturated heterocycles. The normalized spacial score (nSPS) is 11.4. The number of aromatic hydroxyl groups is 1. The van der Waals surface area contributed by atoms with Gasteiger partial charge in [-0.05, 0) is 42.5 Å². The van der Waals surface area contributed by atoms with E-state index in [9.17, 15) is 18.3 Å². The summed E-state index contributed by atoms with van der Waals surface area (Å²) in [5, 5.41) is 12.6. The standard InChI is InChI=1S/C19H24N2O5S2/c1-4-21(5-2)28(24,25)16-10-11-18(22)17(12-16)20-19(23)13-27-15-8-6-14(26-3)7-9-15/h6-12,22H,4-5,13H2,1-3H3,(H,20,23). The lowest BCUT2D eigenvalue weighted by Gasteiger charge is -2.19. The lowest BCUT2D eigenvalue weighted by Crippen LogP contribution is -2.30. The highest BCUT2D eigenvalue weighted by atomic mass is 32.2. The minimum Gasteiger partial charge on any atom is -0.506 e. The second-order valence-corrected chi connectivity index (χ2v) is 8.77. The summed E-state index contributed by atoms with van der Waals surface area (Å²) < 4.78 is 31.6. The quantitative estimate of drug-likeness (QED) is 0.474. The summed E-state index contributed by atoms with van der Waals surface area (Å²) >= 11 is 1.32. The Balaban J connectivity index is 2.09. The number of amides is 1. The van der Waals surface area contributed by atoms with E-state index in [1.165, 1.54) is 34.3 Å². The van der Waals surface area contributed by atoms with Crippen molar-refractivity contribution in [3.8, 4) is 11.5 Å². The van der Waals surface area contributed by atoms with Crippen molar-refractivity contribution in [2.75, 3.05) is 31.3 Å². The monoisotopic (exact) mass is 424 g/mol. The Kier molecular flexibility index (Phi) is 7.73. The van der Waals surface area contributed by atoms with Crippen LogP contribution >= 0.6 is 11.8 Å². The highest BCUT2D eigenvalue weighted by Crippen LogP contribution is 2.28. The van der Waals surface area contributed by atoms with Gasteiger partial charge in [0.25, 0.3) is 0 Å². The van der Waals surface area contributed by atoms with Crippen LogP contribution in [0.3, 0.4) is 0 Å². The van der Waals surface area contributed by atoms with Crippen LogP contribution in [-0.4, -0.2) is 49.7 Å². The van der Waals surface area contributed by atoms with Crippen LogP contribution in [-0.2, 0) is 14.8 Å². The fourth-order valence-corrected chi connectivity index (χ4v) is 4.68. The molecule has 1 amide bonds. The number of thioether (sulfide) groups is 1. The molecule has 2 aromatic rings. The predicted molar refractivity (Wildman–Crippen MR) is 111 cm³/mol. The molecule has 7 nitrogen and oxygen atoms in total. The van der Waals surface area contributed by atoms with E-state index in [0.29, 0.717) is 13.1 Å². The number of methoxy groups -OCH3 is 1. The molecule has 0 aliphatic carbocycles. The average Bonchev–Trinajstić information content (AvgIpc) is 2.69. The van der Waals surface area contributed by atoms with Gasteiger partial charge in [-0.1, -0.05) is 13.8 Å². The lowest BCUT2D eigenvalue weighted by molar-refractivity contribution is -0.113. The van der Waals surface area contributed by atoms with Crippen LogP contribution in [0.4, 0.5) is 5.69 Å². The number of ether oxygens (including phenoxy) is 1. The molecule has 9 heteroatoms. The van der Waals surface area contributed by atoms with Crippen molar-refractivity contribution in [2.45, 2.75) is 23.6 Å². The van der Waals surface area contributed by atoms with Crippen molar-refractivity contribution >= 4 is 33.4 Å². The van der Waals surface area contributed by atoms with Gasteiger partial charge in [-0.3, -0.25) is 4.79 Å². The van der Waals surface area contributed by atoms with Gasteiger partial charge >= 0.3 is 0 Å². The Bertz CT molecular complexity index is 910. The second-order valence-electron chi connectivity index (χ2n) is 5.78. The van der Waals surface area contributed by atoms with Gasteiger partial charge in [-0.25, -0.2) is 8.42 Å². The zero-order chi connectivity index (χ0) is 20.7. The predicted octanol–water partition coefficient (Wildman–Crippen LogP) is 3.16. The maximum Gasteiger partial charge on any atom is 0.243 e. The van der Waals surface area contributed by atoms with Gasteiger partial charge in [0.15, 0.2) is 0 Å². The number of nitrogens with one attached hydrogen (secondary N) is 1. The Morgan fingerprint density at radius 3 is 2.36 bits per heavy atom. The third kappa shape index (κ3) is 5.40. The van der Waals surface area contributed by atoms with Gasteiger partial charge in [0.2, 0.25) is 15.9 Å². The van der Waals surface area contributed by atoms with Gasteiger partial charge in [0.05, 0.1) is 23.4 Å². The SMILES string of the molecule is CCN(CC)S(=O)(=O)c1ccc(O)c(NC(=O)CSc2ccc(OC)cc2)c1. The van der Waals surface area contributed by atoms with Gasteiger partial charge in [0, 0.05) is 18.0 Å². The molecule has 0 heterocycles. The summed E-state index contributed by atoms with van der Waals surface area (Å²) in [6, 6.07) is 11.1. The van der Waals surface area contributed by atoms with E-state index < -0.39 is 10.0 Å². The van der Waals surface area contributed by atoms with E-state index in [2.05, 4.69) is 5.32 Å². The maximum atomic E-state index is 12.6. The molecule has 0 aliphatic heterocycles. The average molecular weight is 425 g/mol. The fraction of sp³-hybridized carbons (Fsp3) is 0.316. The number of rotatable bonds is 9. The lowest BCUT2D eigenvalue weighted by atomic mass is 10.3. The topological polar surface area (TPSA) is 95.9 Å². The molecule has 152 valence electrons. The molecule has 0 atom stereocenters. The van der Waals surface area contributed by atoms with Crippen LogP contribution in [0.1, 0.15) is 13.8 Å². The van der Waals surface area contributed by atoms with Gasteiger partial charge in [-0.2, -0.15) is 4.31 Å². The highest BCUT2D eigenvalue weighted by Gasteiger charge is 2.23. The molecule has 0 fully saturated rings. The summed E-state index contributed by atoms with van der Waals surface area (Å²) in [6.07, 6.45) is 0. The molecule has 2 N–H and O–H groups in total. The number of carbonyl (C=O) groups is 1.